The first-order chi connectivity index (χ1) is 5.81. The summed E-state index contributed by atoms with van der Waals surface area (Å²) in [6.07, 6.45) is 0. The van der Waals surface area contributed by atoms with Gasteiger partial charge in [0.25, 0.3) is 0 Å². The first-order valence-electron chi connectivity index (χ1n) is 3.64. The Kier molecular flexibility index (Phi) is 1.86. The number of benzene rings is 1. The van der Waals surface area contributed by atoms with Gasteiger partial charge in [-0.2, -0.15) is 5.10 Å². The van der Waals surface area contributed by atoms with Crippen molar-refractivity contribution in [1.29, 1.82) is 0 Å². The number of aromatic amines is 1. The van der Waals surface area contributed by atoms with Crippen molar-refractivity contribution < 1.29 is 0 Å². The van der Waals surface area contributed by atoms with Gasteiger partial charge in [0.05, 0.1) is 5.52 Å². The molecule has 1 aromatic carbocycles. The third kappa shape index (κ3) is 1.13. The molecule has 62 valence electrons. The number of H-pyrrole nitrogens is 1. The van der Waals surface area contributed by atoms with Crippen LogP contribution in [0.2, 0.25) is 0 Å². The van der Waals surface area contributed by atoms with Gasteiger partial charge < -0.3 is 5.73 Å². The van der Waals surface area contributed by atoms with Crippen molar-refractivity contribution in [2.75, 3.05) is 0 Å². The van der Waals surface area contributed by atoms with Gasteiger partial charge in [-0.3, -0.25) is 5.10 Å². The molecule has 0 radical (unpaired) electrons. The van der Waals surface area contributed by atoms with Gasteiger partial charge in [0.15, 0.2) is 0 Å². The summed E-state index contributed by atoms with van der Waals surface area (Å²) in [4.78, 5) is 0. The van der Waals surface area contributed by atoms with E-state index >= 15 is 0 Å². The van der Waals surface area contributed by atoms with Crippen molar-refractivity contribution in [3.05, 3.63) is 28.4 Å². The van der Waals surface area contributed by atoms with Crippen LogP contribution in [0.5, 0.6) is 0 Å². The van der Waals surface area contributed by atoms with Gasteiger partial charge in [-0.05, 0) is 33.6 Å². The van der Waals surface area contributed by atoms with Crippen molar-refractivity contribution >= 4 is 26.8 Å². The molecule has 2 aromatic rings. The van der Waals surface area contributed by atoms with E-state index < -0.39 is 0 Å². The van der Waals surface area contributed by atoms with Crippen LogP contribution in [0.15, 0.2) is 22.8 Å². The molecule has 2 rings (SSSR count). The van der Waals surface area contributed by atoms with E-state index in [2.05, 4.69) is 26.1 Å². The normalized spacial score (nSPS) is 10.8. The Morgan fingerprint density at radius 3 is 3.08 bits per heavy atom. The topological polar surface area (TPSA) is 54.7 Å². The molecule has 0 aliphatic heterocycles. The Labute approximate surface area is 78.1 Å². The largest absolute Gasteiger partial charge is 0.326 e. The first kappa shape index (κ1) is 7.76. The summed E-state index contributed by atoms with van der Waals surface area (Å²) < 4.78 is 0.918. The third-order valence-electron chi connectivity index (χ3n) is 1.81. The average Bonchev–Trinajstić information content (AvgIpc) is 2.47. The minimum atomic E-state index is 0.556. The first-order valence-corrected chi connectivity index (χ1v) is 4.43. The summed E-state index contributed by atoms with van der Waals surface area (Å²) in [7, 11) is 0. The zero-order chi connectivity index (χ0) is 8.55. The van der Waals surface area contributed by atoms with E-state index in [0.717, 1.165) is 21.1 Å². The van der Waals surface area contributed by atoms with Crippen LogP contribution in [0.1, 0.15) is 5.56 Å². The van der Waals surface area contributed by atoms with E-state index in [1.807, 2.05) is 18.2 Å². The number of fused-ring (bicyclic) bond motifs is 1. The van der Waals surface area contributed by atoms with Crippen molar-refractivity contribution in [2.45, 2.75) is 6.54 Å². The Hall–Kier alpha value is -0.870. The molecule has 3 N–H and O–H groups in total. The second kappa shape index (κ2) is 2.88. The summed E-state index contributed by atoms with van der Waals surface area (Å²) in [5.41, 5.74) is 7.55. The number of hydrogen-bond donors (Lipinski definition) is 2. The van der Waals surface area contributed by atoms with Gasteiger partial charge in [-0.15, -0.1) is 0 Å². The monoisotopic (exact) mass is 225 g/mol. The Morgan fingerprint density at radius 1 is 1.50 bits per heavy atom. The molecule has 12 heavy (non-hydrogen) atoms. The number of nitrogens with zero attached hydrogens (tertiary/aromatic N) is 1. The number of aromatic nitrogens is 2. The molecule has 0 amide bonds. The fourth-order valence-corrected chi connectivity index (χ4v) is 1.58. The molecule has 0 fully saturated rings. The zero-order valence-electron chi connectivity index (χ0n) is 6.34. The quantitative estimate of drug-likeness (QED) is 0.778. The maximum Gasteiger partial charge on any atom is 0.108 e. The van der Waals surface area contributed by atoms with Crippen LogP contribution in [0.25, 0.3) is 10.9 Å². The smallest absolute Gasteiger partial charge is 0.108 e. The van der Waals surface area contributed by atoms with Gasteiger partial charge >= 0.3 is 0 Å². The minimum absolute atomic E-state index is 0.556. The van der Waals surface area contributed by atoms with Crippen LogP contribution >= 0.6 is 15.9 Å². The Morgan fingerprint density at radius 2 is 2.33 bits per heavy atom. The highest BCUT2D eigenvalue weighted by molar-refractivity contribution is 9.10. The van der Waals surface area contributed by atoms with E-state index in [0.29, 0.717) is 6.54 Å². The van der Waals surface area contributed by atoms with Gasteiger partial charge in [0.1, 0.15) is 4.60 Å². The summed E-state index contributed by atoms with van der Waals surface area (Å²) >= 11 is 3.36. The lowest BCUT2D eigenvalue weighted by Gasteiger charge is -1.94. The highest BCUT2D eigenvalue weighted by Crippen LogP contribution is 2.21. The molecular formula is C8H8BrN3. The van der Waals surface area contributed by atoms with Crippen LogP contribution < -0.4 is 5.73 Å². The minimum Gasteiger partial charge on any atom is -0.326 e. The lowest BCUT2D eigenvalue weighted by molar-refractivity contribution is 1.07. The van der Waals surface area contributed by atoms with Crippen LogP contribution in [0.3, 0.4) is 0 Å². The summed E-state index contributed by atoms with van der Waals surface area (Å²) in [5.74, 6) is 0. The molecule has 0 aliphatic rings. The van der Waals surface area contributed by atoms with E-state index in [1.54, 1.807) is 0 Å². The molecule has 0 aliphatic carbocycles. The molecule has 0 saturated carbocycles. The molecule has 0 atom stereocenters. The maximum atomic E-state index is 5.50. The second-order valence-electron chi connectivity index (χ2n) is 2.59. The van der Waals surface area contributed by atoms with Gasteiger partial charge in [-0.1, -0.05) is 6.07 Å². The third-order valence-corrected chi connectivity index (χ3v) is 2.41. The molecule has 3 nitrogen and oxygen atoms in total. The molecule has 1 heterocycles. The molecule has 0 bridgehead atoms. The predicted octanol–water partition coefficient (Wildman–Crippen LogP) is 1.78. The van der Waals surface area contributed by atoms with Crippen molar-refractivity contribution in [3.63, 3.8) is 0 Å². The number of nitrogens with two attached hydrogens (primary N) is 1. The van der Waals surface area contributed by atoms with E-state index in [4.69, 9.17) is 5.73 Å². The van der Waals surface area contributed by atoms with E-state index in [9.17, 15) is 0 Å². The Bertz CT molecular complexity index is 408. The summed E-state index contributed by atoms with van der Waals surface area (Å²) in [6, 6.07) is 5.99. The van der Waals surface area contributed by atoms with Crippen molar-refractivity contribution in [1.82, 2.24) is 10.2 Å². The lowest BCUT2D eigenvalue weighted by atomic mass is 10.2. The second-order valence-corrected chi connectivity index (χ2v) is 3.39. The number of nitrogens with one attached hydrogen (secondary N) is 1. The maximum absolute atomic E-state index is 5.50. The predicted molar refractivity (Wildman–Crippen MR) is 51.7 cm³/mol. The van der Waals surface area contributed by atoms with Gasteiger partial charge in [0.2, 0.25) is 0 Å². The molecule has 0 spiro atoms. The highest BCUT2D eigenvalue weighted by atomic mass is 79.9. The SMILES string of the molecule is NCc1ccc2c(Br)[nH]nc2c1. The van der Waals surface area contributed by atoms with Crippen molar-refractivity contribution in [3.8, 4) is 0 Å². The average molecular weight is 226 g/mol. The van der Waals surface area contributed by atoms with Gasteiger partial charge in [-0.25, -0.2) is 0 Å². The highest BCUT2D eigenvalue weighted by Gasteiger charge is 2.01. The lowest BCUT2D eigenvalue weighted by Crippen LogP contribution is -1.94. The van der Waals surface area contributed by atoms with Crippen LogP contribution in [0, 0.1) is 0 Å². The molecule has 0 unspecified atom stereocenters. The van der Waals surface area contributed by atoms with E-state index in [-0.39, 0.29) is 0 Å². The van der Waals surface area contributed by atoms with Crippen LogP contribution in [-0.2, 0) is 6.54 Å². The van der Waals surface area contributed by atoms with E-state index in [1.165, 1.54) is 0 Å². The molecule has 0 saturated heterocycles. The zero-order valence-corrected chi connectivity index (χ0v) is 7.93. The van der Waals surface area contributed by atoms with Crippen LogP contribution in [-0.4, -0.2) is 10.2 Å². The number of rotatable bonds is 1. The number of hydrogen-bond acceptors (Lipinski definition) is 2. The van der Waals surface area contributed by atoms with Gasteiger partial charge in [0, 0.05) is 11.9 Å². The standard InChI is InChI=1S/C8H8BrN3/c9-8-6-2-1-5(4-10)3-7(6)11-12-8/h1-3H,4,10H2,(H,11,12). The van der Waals surface area contributed by atoms with Crippen LogP contribution in [0.4, 0.5) is 0 Å². The van der Waals surface area contributed by atoms with Crippen molar-refractivity contribution in [2.24, 2.45) is 5.73 Å². The summed E-state index contributed by atoms with van der Waals surface area (Å²) in [6.45, 7) is 0.556. The fourth-order valence-electron chi connectivity index (χ4n) is 1.15. The summed E-state index contributed by atoms with van der Waals surface area (Å²) in [5, 5.41) is 8.04. The number of halogens is 1. The molecule has 4 heteroatoms. The molecular weight excluding hydrogens is 218 g/mol. The fraction of sp³-hybridized carbons (Fsp3) is 0.125. The Balaban J connectivity index is 2.69. The molecule has 1 aromatic heterocycles.